The maximum absolute atomic E-state index is 14.3. The number of fused-ring (bicyclic) bond motifs is 7. The first kappa shape index (κ1) is 31.9. The summed E-state index contributed by atoms with van der Waals surface area (Å²) in [5.41, 5.74) is 7.44. The Hall–Kier alpha value is -4.32. The molecule has 0 saturated carbocycles. The Labute approximate surface area is 292 Å². The maximum Gasteiger partial charge on any atom is 0.352 e. The Morgan fingerprint density at radius 2 is 1.92 bits per heavy atom. The van der Waals surface area contributed by atoms with Crippen molar-refractivity contribution >= 4 is 51.0 Å². The van der Waals surface area contributed by atoms with E-state index in [1.807, 2.05) is 42.9 Å². The van der Waals surface area contributed by atoms with Gasteiger partial charge in [-0.05, 0) is 86.0 Å². The Kier molecular flexibility index (Phi) is 8.16. The molecule has 5 heterocycles. The van der Waals surface area contributed by atoms with E-state index in [4.69, 9.17) is 26.5 Å². The van der Waals surface area contributed by atoms with Gasteiger partial charge in [-0.1, -0.05) is 17.7 Å². The van der Waals surface area contributed by atoms with Crippen LogP contribution in [-0.4, -0.2) is 41.8 Å². The number of aryl methyl sites for hydroxylation is 5. The molecule has 0 aliphatic carbocycles. The van der Waals surface area contributed by atoms with Gasteiger partial charge in [-0.15, -0.1) is 11.8 Å². The number of hydrogen-bond donors (Lipinski definition) is 2. The van der Waals surface area contributed by atoms with E-state index in [-0.39, 0.29) is 17.6 Å². The summed E-state index contributed by atoms with van der Waals surface area (Å²) in [5.74, 6) is 0.0518. The fourth-order valence-electron chi connectivity index (χ4n) is 7.67. The number of nitrogens with zero attached hydrogens (tertiary/aromatic N) is 5. The van der Waals surface area contributed by atoms with Gasteiger partial charge in [0, 0.05) is 65.4 Å². The molecule has 2 aliphatic rings. The van der Waals surface area contributed by atoms with E-state index in [0.717, 1.165) is 85.4 Å². The Bertz CT molecular complexity index is 2290. The van der Waals surface area contributed by atoms with E-state index in [2.05, 4.69) is 16.1 Å². The minimum absolute atomic E-state index is 0.00235. The molecule has 0 spiro atoms. The molecule has 8 rings (SSSR count). The molecule has 0 unspecified atom stereocenters. The summed E-state index contributed by atoms with van der Waals surface area (Å²) in [5, 5.41) is 27.0. The molecule has 0 saturated heterocycles. The Balaban J connectivity index is 1.28. The molecule has 6 aromatic rings. The van der Waals surface area contributed by atoms with Crippen molar-refractivity contribution in [1.29, 1.82) is 0 Å². The van der Waals surface area contributed by atoms with Crippen LogP contribution in [0.2, 0.25) is 5.02 Å². The van der Waals surface area contributed by atoms with Crippen LogP contribution in [-0.2, 0) is 39.4 Å². The van der Waals surface area contributed by atoms with Crippen LogP contribution in [0.5, 0.6) is 5.75 Å². The van der Waals surface area contributed by atoms with Gasteiger partial charge >= 0.3 is 5.97 Å². The van der Waals surface area contributed by atoms with E-state index in [0.29, 0.717) is 42.5 Å². The zero-order valence-corrected chi connectivity index (χ0v) is 29.1. The first-order valence-electron chi connectivity index (χ1n) is 16.5. The molecule has 2 aliphatic heterocycles. The van der Waals surface area contributed by atoms with Crippen LogP contribution >= 0.6 is 23.4 Å². The number of carbonyl (C=O) groups is 1. The monoisotopic (exact) mass is 698 g/mol. The Morgan fingerprint density at radius 1 is 1.08 bits per heavy atom. The highest BCUT2D eigenvalue weighted by molar-refractivity contribution is 7.98. The summed E-state index contributed by atoms with van der Waals surface area (Å²) in [6, 6.07) is 14.7. The quantitative estimate of drug-likeness (QED) is 0.180. The molecule has 1 atom stereocenters. The largest absolute Gasteiger partial charge is 0.493 e. The number of halogens is 2. The minimum Gasteiger partial charge on any atom is -0.493 e. The number of benzene rings is 3. The van der Waals surface area contributed by atoms with Gasteiger partial charge in [-0.3, -0.25) is 9.36 Å². The molecule has 3 aromatic carbocycles. The average Bonchev–Trinajstić information content (AvgIpc) is 3.70. The number of nitrogens with one attached hydrogen (secondary N) is 1. The summed E-state index contributed by atoms with van der Waals surface area (Å²) in [7, 11) is 3.76. The number of carboxylic acids is 1. The molecule has 3 aromatic heterocycles. The molecule has 0 radical (unpaired) electrons. The molecule has 0 fully saturated rings. The SMILES string of the molecule is Cc1nn2c3c1-c1c(Cl)ccc4c(c(C(=O)O)n(C)c14)CCCOc1cc(cc4cc(F)ccc14)SCc1cc(nn1C)CN[C@@H]3CCC2. The van der Waals surface area contributed by atoms with Gasteiger partial charge < -0.3 is 19.7 Å². The van der Waals surface area contributed by atoms with Gasteiger partial charge in [0.2, 0.25) is 0 Å². The summed E-state index contributed by atoms with van der Waals surface area (Å²) < 4.78 is 26.5. The average molecular weight is 699 g/mol. The molecule has 9 nitrogen and oxygen atoms in total. The summed E-state index contributed by atoms with van der Waals surface area (Å²) >= 11 is 8.71. The first-order valence-corrected chi connectivity index (χ1v) is 17.9. The van der Waals surface area contributed by atoms with Crippen molar-refractivity contribution in [2.75, 3.05) is 6.61 Å². The predicted molar refractivity (Wildman–Crippen MR) is 190 cm³/mol. The lowest BCUT2D eigenvalue weighted by Gasteiger charge is -2.26. The first-order chi connectivity index (χ1) is 23.7. The maximum atomic E-state index is 14.3. The van der Waals surface area contributed by atoms with E-state index >= 15 is 0 Å². The van der Waals surface area contributed by atoms with Crippen molar-refractivity contribution in [3.05, 3.63) is 93.4 Å². The second kappa shape index (κ2) is 12.5. The van der Waals surface area contributed by atoms with Crippen LogP contribution in [0.4, 0.5) is 4.39 Å². The molecule has 252 valence electrons. The normalized spacial score (nSPS) is 16.8. The zero-order valence-electron chi connectivity index (χ0n) is 27.5. The molecule has 49 heavy (non-hydrogen) atoms. The van der Waals surface area contributed by atoms with Gasteiger partial charge in [0.25, 0.3) is 0 Å². The predicted octanol–water partition coefficient (Wildman–Crippen LogP) is 7.97. The minimum atomic E-state index is -0.994. The molecule has 12 heteroatoms. The third-order valence-electron chi connectivity index (χ3n) is 9.84. The van der Waals surface area contributed by atoms with E-state index in [1.54, 1.807) is 29.4 Å². The zero-order chi connectivity index (χ0) is 34.0. The third-order valence-corrected chi connectivity index (χ3v) is 11.2. The van der Waals surface area contributed by atoms with Crippen molar-refractivity contribution < 1.29 is 19.0 Å². The van der Waals surface area contributed by atoms with Crippen molar-refractivity contribution in [3.8, 4) is 16.9 Å². The number of rotatable bonds is 1. The second-order valence-electron chi connectivity index (χ2n) is 12.9. The van der Waals surface area contributed by atoms with Crippen LogP contribution < -0.4 is 10.1 Å². The van der Waals surface area contributed by atoms with Crippen molar-refractivity contribution in [1.82, 2.24) is 29.4 Å². The van der Waals surface area contributed by atoms with Crippen LogP contribution in [0, 0.1) is 12.7 Å². The number of carboxylic acid groups (broad SMARTS) is 1. The van der Waals surface area contributed by atoms with E-state index in [9.17, 15) is 14.3 Å². The number of aromatic nitrogens is 5. The molecule has 8 bridgehead atoms. The summed E-state index contributed by atoms with van der Waals surface area (Å²) in [4.78, 5) is 13.8. The van der Waals surface area contributed by atoms with Gasteiger partial charge in [0.05, 0.1) is 40.3 Å². The standard InChI is InChI=1S/C37H36ClFN6O3S/c1-20-32-33-29(38)11-10-28-27(35(37(46)47)43(2)34(28)33)6-5-13-48-31-17-25(15-21-14-22(39)8-9-26(21)31)49-19-24-16-23(42-44(24)3)18-40-30-7-4-12-45(41-20)36(30)32/h8-11,14-17,30,40H,4-7,12-13,18-19H2,1-3H3,(H,46,47)/t30-/m1/s1. The van der Waals surface area contributed by atoms with Crippen molar-refractivity contribution in [2.45, 2.75) is 62.4 Å². The number of aromatic carboxylic acids is 1. The number of hydrogen-bond acceptors (Lipinski definition) is 6. The smallest absolute Gasteiger partial charge is 0.352 e. The van der Waals surface area contributed by atoms with E-state index < -0.39 is 5.97 Å². The van der Waals surface area contributed by atoms with Crippen molar-refractivity contribution in [2.24, 2.45) is 14.1 Å². The molecule has 2 N–H and O–H groups in total. The summed E-state index contributed by atoms with van der Waals surface area (Å²) in [6.45, 7) is 3.72. The van der Waals surface area contributed by atoms with Gasteiger partial charge in [-0.25, -0.2) is 9.18 Å². The second-order valence-corrected chi connectivity index (χ2v) is 14.4. The number of ether oxygens (including phenoxy) is 1. The molecular formula is C37H36ClFN6O3S. The third kappa shape index (κ3) is 5.57. The molecular weight excluding hydrogens is 663 g/mol. The van der Waals surface area contributed by atoms with Crippen LogP contribution in [0.1, 0.15) is 64.1 Å². The lowest BCUT2D eigenvalue weighted by Crippen LogP contribution is -2.28. The van der Waals surface area contributed by atoms with Crippen LogP contribution in [0.25, 0.3) is 32.8 Å². The highest BCUT2D eigenvalue weighted by atomic mass is 35.5. The topological polar surface area (TPSA) is 99.1 Å². The lowest BCUT2D eigenvalue weighted by molar-refractivity contribution is 0.0685. The molecule has 0 amide bonds. The van der Waals surface area contributed by atoms with Crippen molar-refractivity contribution in [3.63, 3.8) is 0 Å². The highest BCUT2D eigenvalue weighted by Crippen LogP contribution is 2.45. The lowest BCUT2D eigenvalue weighted by atomic mass is 9.93. The van der Waals surface area contributed by atoms with E-state index in [1.165, 1.54) is 12.1 Å². The van der Waals surface area contributed by atoms with Gasteiger partial charge in [0.15, 0.2) is 0 Å². The van der Waals surface area contributed by atoms with Gasteiger partial charge in [0.1, 0.15) is 17.3 Å². The number of thioether (sulfide) groups is 1. The Morgan fingerprint density at radius 3 is 2.76 bits per heavy atom. The fourth-order valence-corrected chi connectivity index (χ4v) is 8.90. The summed E-state index contributed by atoms with van der Waals surface area (Å²) in [6.07, 6.45) is 2.96. The van der Waals surface area contributed by atoms with Crippen LogP contribution in [0.3, 0.4) is 0 Å². The van der Waals surface area contributed by atoms with Gasteiger partial charge in [-0.2, -0.15) is 10.2 Å². The highest BCUT2D eigenvalue weighted by Gasteiger charge is 2.32. The van der Waals surface area contributed by atoms with Crippen LogP contribution in [0.15, 0.2) is 53.4 Å². The fraction of sp³-hybridized carbons (Fsp3) is 0.324.